The molecule has 4 unspecified atom stereocenters. The molecule has 2 aromatic carbocycles. The molecule has 18 heteroatoms. The van der Waals surface area contributed by atoms with Gasteiger partial charge in [0.1, 0.15) is 24.2 Å². The van der Waals surface area contributed by atoms with E-state index in [0.29, 0.717) is 56.3 Å². The number of aliphatic carboxylic acids is 1. The second-order valence-electron chi connectivity index (χ2n) is 15.4. The summed E-state index contributed by atoms with van der Waals surface area (Å²) in [6.07, 6.45) is 5.79. The fourth-order valence-electron chi connectivity index (χ4n) is 6.50. The van der Waals surface area contributed by atoms with Gasteiger partial charge < -0.3 is 48.1 Å². The second-order valence-corrected chi connectivity index (χ2v) is 16.5. The first-order chi connectivity index (χ1) is 29.2. The van der Waals surface area contributed by atoms with Crippen LogP contribution in [0.5, 0.6) is 0 Å². The average molecular weight is 867 g/mol. The van der Waals surface area contributed by atoms with Gasteiger partial charge in [-0.25, -0.2) is 4.79 Å². The smallest absolute Gasteiger partial charge is 0.312 e. The fourth-order valence-corrected chi connectivity index (χ4v) is 7.48. The first-order valence-electron chi connectivity index (χ1n) is 21.0. The monoisotopic (exact) mass is 866 g/mol. The summed E-state index contributed by atoms with van der Waals surface area (Å²) in [5.41, 5.74) is 7.38. The van der Waals surface area contributed by atoms with Gasteiger partial charge in [0.2, 0.25) is 35.4 Å². The van der Waals surface area contributed by atoms with Crippen LogP contribution in [0.25, 0.3) is 0 Å². The summed E-state index contributed by atoms with van der Waals surface area (Å²) in [5.74, 6) is -1.77. The summed E-state index contributed by atoms with van der Waals surface area (Å²) in [5, 5.41) is 28.0. The van der Waals surface area contributed by atoms with Crippen LogP contribution in [-0.4, -0.2) is 89.0 Å². The molecule has 1 fully saturated rings. The standard InChI is InChI=1S/C43H62N8O9S/c1-28(2)38(51-35(52)17-9-4-10-18-37(54)55)42(59)50-33(16-12-25-45-43(44)60)40(57)47-31-21-19-29(20-22-31)27-61-26-11-5-8-15-32(39(56)46-30-13-6-3-7-14-30)49-41(58)34-23-24-36(53)48-34/h3,6-7,13-14,19-22,28,32-34,38H,4-5,8-12,15-18,23-27H2,1-2H3,(H,46,56)(H,47,57)(H,48,53)(H,49,58)(H,50,59)(H,51,52)(H,54,55)(H3,44,45,60). The Morgan fingerprint density at radius 3 is 2.00 bits per heavy atom. The van der Waals surface area contributed by atoms with E-state index in [-0.39, 0.29) is 61.8 Å². The summed E-state index contributed by atoms with van der Waals surface area (Å²) in [7, 11) is 0. The number of carbonyl (C=O) groups is 8. The molecular weight excluding hydrogens is 805 g/mol. The van der Waals surface area contributed by atoms with Crippen molar-refractivity contribution in [3.8, 4) is 0 Å². The first kappa shape index (κ1) is 49.7. The van der Waals surface area contributed by atoms with Crippen LogP contribution in [0.3, 0.4) is 0 Å². The van der Waals surface area contributed by atoms with Gasteiger partial charge in [-0.1, -0.05) is 63.4 Å². The lowest BCUT2D eigenvalue weighted by molar-refractivity contribution is -0.137. The topological polar surface area (TPSA) is 267 Å². The number of rotatable bonds is 28. The number of unbranched alkanes of at least 4 members (excludes halogenated alkanes) is 4. The van der Waals surface area contributed by atoms with E-state index in [0.717, 1.165) is 29.9 Å². The van der Waals surface area contributed by atoms with Gasteiger partial charge in [-0.05, 0) is 86.4 Å². The van der Waals surface area contributed by atoms with E-state index in [1.807, 2.05) is 30.3 Å². The van der Waals surface area contributed by atoms with Gasteiger partial charge in [-0.2, -0.15) is 11.8 Å². The molecule has 3 rings (SSSR count). The highest BCUT2D eigenvalue weighted by molar-refractivity contribution is 7.98. The third kappa shape index (κ3) is 20.0. The van der Waals surface area contributed by atoms with E-state index in [1.165, 1.54) is 0 Å². The summed E-state index contributed by atoms with van der Waals surface area (Å²) in [6.45, 7) is 3.75. The van der Waals surface area contributed by atoms with Gasteiger partial charge >= 0.3 is 12.0 Å². The fraction of sp³-hybridized carbons (Fsp3) is 0.535. The average Bonchev–Trinajstić information content (AvgIpc) is 3.66. The summed E-state index contributed by atoms with van der Waals surface area (Å²) >= 11 is 1.75. The van der Waals surface area contributed by atoms with Crippen molar-refractivity contribution >= 4 is 70.6 Å². The van der Waals surface area contributed by atoms with Crippen molar-refractivity contribution in [2.75, 3.05) is 22.9 Å². The van der Waals surface area contributed by atoms with Crippen LogP contribution in [0.15, 0.2) is 54.6 Å². The van der Waals surface area contributed by atoms with Gasteiger partial charge in [0, 0.05) is 42.9 Å². The molecule has 17 nitrogen and oxygen atoms in total. The molecule has 1 heterocycles. The van der Waals surface area contributed by atoms with E-state index >= 15 is 0 Å². The van der Waals surface area contributed by atoms with Crippen LogP contribution in [0.4, 0.5) is 16.2 Å². The van der Waals surface area contributed by atoms with E-state index in [4.69, 9.17) is 10.8 Å². The van der Waals surface area contributed by atoms with E-state index in [9.17, 15) is 38.4 Å². The molecule has 0 spiro atoms. The Bertz CT molecular complexity index is 1760. The Kier molecular flexibility index (Phi) is 22.2. The molecule has 10 N–H and O–H groups in total. The van der Waals surface area contributed by atoms with Crippen LogP contribution >= 0.6 is 11.8 Å². The Labute approximate surface area is 361 Å². The number of anilines is 2. The van der Waals surface area contributed by atoms with Gasteiger partial charge in [0.05, 0.1) is 0 Å². The van der Waals surface area contributed by atoms with Crippen LogP contribution < -0.4 is 43.0 Å². The Hall–Kier alpha value is -5.65. The lowest BCUT2D eigenvalue weighted by Crippen LogP contribution is -2.54. The number of carbonyl (C=O) groups excluding carboxylic acids is 7. The molecule has 8 amide bonds. The van der Waals surface area contributed by atoms with Crippen molar-refractivity contribution in [2.45, 2.75) is 127 Å². The summed E-state index contributed by atoms with van der Waals surface area (Å²) in [4.78, 5) is 99.0. The zero-order valence-electron chi connectivity index (χ0n) is 35.1. The lowest BCUT2D eigenvalue weighted by atomic mass is 10.0. The van der Waals surface area contributed by atoms with Gasteiger partial charge in [0.15, 0.2) is 0 Å². The number of thioether (sulfide) groups is 1. The predicted molar refractivity (Wildman–Crippen MR) is 234 cm³/mol. The minimum Gasteiger partial charge on any atom is -0.481 e. The maximum absolute atomic E-state index is 13.5. The van der Waals surface area contributed by atoms with Crippen LogP contribution in [0.1, 0.15) is 103 Å². The number of nitrogens with two attached hydrogens (primary N) is 1. The number of hydrogen-bond donors (Lipinski definition) is 9. The van der Waals surface area contributed by atoms with Crippen molar-refractivity contribution in [2.24, 2.45) is 11.7 Å². The van der Waals surface area contributed by atoms with Crippen molar-refractivity contribution in [3.63, 3.8) is 0 Å². The molecule has 334 valence electrons. The SMILES string of the molecule is CC(C)C(NC(=O)CCCCCC(=O)O)C(=O)NC(CCCNC(N)=O)C(=O)Nc1ccc(CSCCCCCC(NC(=O)C2CCC(=O)N2)C(=O)Nc2ccccc2)cc1. The number of carboxylic acid groups (broad SMARTS) is 1. The first-order valence-corrected chi connectivity index (χ1v) is 22.1. The summed E-state index contributed by atoms with van der Waals surface area (Å²) in [6, 6.07) is 12.4. The zero-order chi connectivity index (χ0) is 44.6. The lowest BCUT2D eigenvalue weighted by Gasteiger charge is -2.25. The molecule has 4 atom stereocenters. The molecule has 2 aromatic rings. The Morgan fingerprint density at radius 1 is 0.754 bits per heavy atom. The second kappa shape index (κ2) is 27.2. The molecule has 1 aliphatic heterocycles. The number of carboxylic acids is 1. The van der Waals surface area contributed by atoms with Crippen LogP contribution in [0.2, 0.25) is 0 Å². The Morgan fingerprint density at radius 2 is 1.38 bits per heavy atom. The van der Waals surface area contributed by atoms with Crippen molar-refractivity contribution < 1.29 is 43.5 Å². The third-order valence-corrected chi connectivity index (χ3v) is 11.0. The number of primary amides is 1. The van der Waals surface area contributed by atoms with Crippen molar-refractivity contribution in [1.29, 1.82) is 0 Å². The number of nitrogens with one attached hydrogen (secondary N) is 7. The van der Waals surface area contributed by atoms with Gasteiger partial charge in [0.25, 0.3) is 0 Å². The van der Waals surface area contributed by atoms with Crippen molar-refractivity contribution in [1.82, 2.24) is 26.6 Å². The van der Waals surface area contributed by atoms with E-state index < -0.39 is 48.0 Å². The molecule has 1 saturated heterocycles. The number of amides is 8. The largest absolute Gasteiger partial charge is 0.481 e. The molecule has 0 aromatic heterocycles. The molecular formula is C43H62N8O9S. The van der Waals surface area contributed by atoms with Crippen LogP contribution in [0, 0.1) is 5.92 Å². The normalized spacial score (nSPS) is 14.8. The number of benzene rings is 2. The molecule has 0 bridgehead atoms. The minimum absolute atomic E-state index is 0.0283. The third-order valence-electron chi connectivity index (χ3n) is 9.92. The molecule has 61 heavy (non-hydrogen) atoms. The Balaban J connectivity index is 1.46. The maximum Gasteiger partial charge on any atom is 0.312 e. The van der Waals surface area contributed by atoms with Gasteiger partial charge in [-0.3, -0.25) is 33.6 Å². The molecule has 0 saturated carbocycles. The molecule has 0 aliphatic carbocycles. The molecule has 1 aliphatic rings. The maximum atomic E-state index is 13.5. The number of para-hydroxylation sites is 1. The predicted octanol–water partition coefficient (Wildman–Crippen LogP) is 3.93. The van der Waals surface area contributed by atoms with E-state index in [2.05, 4.69) is 37.2 Å². The highest BCUT2D eigenvalue weighted by Gasteiger charge is 2.31. The van der Waals surface area contributed by atoms with E-state index in [1.54, 1.807) is 49.9 Å². The molecule has 0 radical (unpaired) electrons. The quantitative estimate of drug-likeness (QED) is 0.0557. The van der Waals surface area contributed by atoms with Crippen LogP contribution in [-0.2, 0) is 39.3 Å². The highest BCUT2D eigenvalue weighted by atomic mass is 32.2. The minimum atomic E-state index is -0.980. The summed E-state index contributed by atoms with van der Waals surface area (Å²) < 4.78 is 0. The number of urea groups is 1. The zero-order valence-corrected chi connectivity index (χ0v) is 35.9. The van der Waals surface area contributed by atoms with Crippen molar-refractivity contribution in [3.05, 3.63) is 60.2 Å². The van der Waals surface area contributed by atoms with Gasteiger partial charge in [-0.15, -0.1) is 0 Å². The number of hydrogen-bond acceptors (Lipinski definition) is 9. The highest BCUT2D eigenvalue weighted by Crippen LogP contribution is 2.19.